The molecule has 0 saturated heterocycles. The Hall–Kier alpha value is -1.59. The molecular formula is C11H8ClNO. The van der Waals surface area contributed by atoms with Crippen LogP contribution in [0.2, 0.25) is 5.02 Å². The minimum atomic E-state index is -0.257. The van der Waals surface area contributed by atoms with Gasteiger partial charge in [0.15, 0.2) is 5.78 Å². The lowest BCUT2D eigenvalue weighted by atomic mass is 10.1. The number of hydrogen-bond donors (Lipinski definition) is 0. The number of carbonyl (C=O) groups is 1. The highest BCUT2D eigenvalue weighted by molar-refractivity contribution is 6.32. The zero-order chi connectivity index (χ0) is 10.6. The first-order valence-electron chi connectivity index (χ1n) is 4.02. The number of halogens is 1. The van der Waals surface area contributed by atoms with Crippen molar-refractivity contribution in [1.82, 2.24) is 0 Å². The zero-order valence-electron chi connectivity index (χ0n) is 7.62. The number of hydrogen-bond acceptors (Lipinski definition) is 2. The minimum Gasteiger partial charge on any atom is -0.294 e. The van der Waals surface area contributed by atoms with E-state index in [1.807, 2.05) is 6.07 Å². The summed E-state index contributed by atoms with van der Waals surface area (Å²) in [5, 5.41) is 9.20. The Morgan fingerprint density at radius 3 is 2.64 bits per heavy atom. The molecule has 0 unspecified atom stereocenters. The normalized spacial score (nSPS) is 10.8. The average molecular weight is 206 g/mol. The number of ketones is 1. The van der Waals surface area contributed by atoms with E-state index in [1.165, 1.54) is 13.0 Å². The molecule has 1 rings (SSSR count). The van der Waals surface area contributed by atoms with Gasteiger partial charge in [0.25, 0.3) is 0 Å². The molecule has 1 aromatic carbocycles. The molecule has 0 atom stereocenters. The highest BCUT2D eigenvalue weighted by Gasteiger charge is 2.03. The summed E-state index contributed by atoms with van der Waals surface area (Å²) >= 11 is 5.86. The van der Waals surface area contributed by atoms with E-state index in [4.69, 9.17) is 16.9 Å². The Balaban J connectivity index is 3.15. The van der Waals surface area contributed by atoms with E-state index < -0.39 is 0 Å². The van der Waals surface area contributed by atoms with Crippen molar-refractivity contribution in [3.05, 3.63) is 40.4 Å². The summed E-state index contributed by atoms with van der Waals surface area (Å²) in [5.41, 5.74) is 0.791. The fraction of sp³-hybridized carbons (Fsp3) is 0.0909. The largest absolute Gasteiger partial charge is 0.294 e. The second kappa shape index (κ2) is 4.59. The third-order valence-electron chi connectivity index (χ3n) is 1.70. The van der Waals surface area contributed by atoms with Crippen molar-refractivity contribution in [2.24, 2.45) is 0 Å². The third kappa shape index (κ3) is 2.45. The molecule has 70 valence electrons. The smallest absolute Gasteiger partial charge is 0.170 e. The standard InChI is InChI=1S/C11H8ClNO/c1-8(14)10(7-13)6-9-4-2-3-5-11(9)12/h2-6H,1H3. The predicted molar refractivity (Wildman–Crippen MR) is 55.7 cm³/mol. The van der Waals surface area contributed by atoms with Gasteiger partial charge in [0.1, 0.15) is 6.07 Å². The molecule has 0 radical (unpaired) electrons. The van der Waals surface area contributed by atoms with Gasteiger partial charge in [-0.2, -0.15) is 5.26 Å². The number of nitriles is 1. The van der Waals surface area contributed by atoms with Gasteiger partial charge in [0.05, 0.1) is 5.57 Å². The van der Waals surface area contributed by atoms with Crippen LogP contribution in [0, 0.1) is 11.3 Å². The first-order valence-corrected chi connectivity index (χ1v) is 4.40. The van der Waals surface area contributed by atoms with E-state index in [0.29, 0.717) is 10.6 Å². The molecule has 0 fully saturated rings. The molecule has 1 aromatic rings. The summed E-state index contributed by atoms with van der Waals surface area (Å²) in [6, 6.07) is 8.88. The van der Waals surface area contributed by atoms with E-state index in [9.17, 15) is 4.79 Å². The molecule has 0 bridgehead atoms. The molecule has 2 nitrogen and oxygen atoms in total. The Morgan fingerprint density at radius 1 is 1.50 bits per heavy atom. The maximum atomic E-state index is 11.0. The van der Waals surface area contributed by atoms with Crippen molar-refractivity contribution < 1.29 is 4.79 Å². The molecule has 0 aliphatic rings. The number of carbonyl (C=O) groups excluding carboxylic acids is 1. The summed E-state index contributed by atoms with van der Waals surface area (Å²) < 4.78 is 0. The van der Waals surface area contributed by atoms with Crippen LogP contribution in [0.5, 0.6) is 0 Å². The second-order valence-corrected chi connectivity index (χ2v) is 3.15. The molecule has 14 heavy (non-hydrogen) atoms. The highest BCUT2D eigenvalue weighted by atomic mass is 35.5. The fourth-order valence-electron chi connectivity index (χ4n) is 0.960. The van der Waals surface area contributed by atoms with E-state index in [0.717, 1.165) is 0 Å². The SMILES string of the molecule is CC(=O)C(C#N)=Cc1ccccc1Cl. The highest BCUT2D eigenvalue weighted by Crippen LogP contribution is 2.18. The third-order valence-corrected chi connectivity index (χ3v) is 2.05. The second-order valence-electron chi connectivity index (χ2n) is 2.75. The van der Waals surface area contributed by atoms with Crippen LogP contribution in [0.1, 0.15) is 12.5 Å². The monoisotopic (exact) mass is 205 g/mol. The van der Waals surface area contributed by atoms with Gasteiger partial charge >= 0.3 is 0 Å². The molecule has 0 amide bonds. The molecule has 3 heteroatoms. The van der Waals surface area contributed by atoms with Gasteiger partial charge in [0, 0.05) is 5.02 Å². The van der Waals surface area contributed by atoms with Crippen LogP contribution in [-0.2, 0) is 4.79 Å². The van der Waals surface area contributed by atoms with Crippen LogP contribution in [-0.4, -0.2) is 5.78 Å². The maximum absolute atomic E-state index is 11.0. The van der Waals surface area contributed by atoms with Crippen LogP contribution in [0.4, 0.5) is 0 Å². The summed E-state index contributed by atoms with van der Waals surface area (Å²) in [7, 11) is 0. The van der Waals surface area contributed by atoms with Crippen molar-refractivity contribution >= 4 is 23.5 Å². The molecule has 0 spiro atoms. The van der Waals surface area contributed by atoms with E-state index in [1.54, 1.807) is 24.3 Å². The Labute approximate surface area is 87.4 Å². The van der Waals surface area contributed by atoms with Crippen LogP contribution in [0.25, 0.3) is 6.08 Å². The van der Waals surface area contributed by atoms with Gasteiger partial charge in [-0.25, -0.2) is 0 Å². The lowest BCUT2D eigenvalue weighted by Crippen LogP contribution is -1.92. The van der Waals surface area contributed by atoms with E-state index in [2.05, 4.69) is 0 Å². The first-order chi connectivity index (χ1) is 6.65. The van der Waals surface area contributed by atoms with Crippen molar-refractivity contribution in [2.45, 2.75) is 6.92 Å². The molecule has 0 aromatic heterocycles. The summed E-state index contributed by atoms with van der Waals surface area (Å²) in [4.78, 5) is 11.0. The van der Waals surface area contributed by atoms with Crippen LogP contribution < -0.4 is 0 Å². The molecule has 0 saturated carbocycles. The van der Waals surface area contributed by atoms with Gasteiger partial charge in [-0.1, -0.05) is 29.8 Å². The van der Waals surface area contributed by atoms with Gasteiger partial charge in [-0.3, -0.25) is 4.79 Å². The zero-order valence-corrected chi connectivity index (χ0v) is 8.38. The van der Waals surface area contributed by atoms with E-state index in [-0.39, 0.29) is 11.4 Å². The fourth-order valence-corrected chi connectivity index (χ4v) is 1.15. The van der Waals surface area contributed by atoms with Crippen molar-refractivity contribution in [3.63, 3.8) is 0 Å². The van der Waals surface area contributed by atoms with Crippen molar-refractivity contribution in [1.29, 1.82) is 5.26 Å². The number of allylic oxidation sites excluding steroid dienone is 1. The number of benzene rings is 1. The van der Waals surface area contributed by atoms with Crippen molar-refractivity contribution in [3.8, 4) is 6.07 Å². The van der Waals surface area contributed by atoms with Crippen LogP contribution in [0.3, 0.4) is 0 Å². The number of nitrogens with zero attached hydrogens (tertiary/aromatic N) is 1. The van der Waals surface area contributed by atoms with Crippen LogP contribution >= 0.6 is 11.6 Å². The molecule has 0 aliphatic carbocycles. The van der Waals surface area contributed by atoms with Gasteiger partial charge in [-0.05, 0) is 24.6 Å². The Morgan fingerprint density at radius 2 is 2.14 bits per heavy atom. The van der Waals surface area contributed by atoms with Gasteiger partial charge in [0.2, 0.25) is 0 Å². The Bertz CT molecular complexity index is 429. The quantitative estimate of drug-likeness (QED) is 0.550. The maximum Gasteiger partial charge on any atom is 0.170 e. The minimum absolute atomic E-state index is 0.109. The Kier molecular flexibility index (Phi) is 3.44. The molecule has 0 N–H and O–H groups in total. The van der Waals surface area contributed by atoms with Gasteiger partial charge < -0.3 is 0 Å². The topological polar surface area (TPSA) is 40.9 Å². The molecule has 0 aliphatic heterocycles. The number of Topliss-reactive ketones (excluding diaryl/α,β-unsaturated/α-hetero) is 1. The van der Waals surface area contributed by atoms with E-state index >= 15 is 0 Å². The first kappa shape index (κ1) is 10.5. The molecule has 0 heterocycles. The predicted octanol–water partition coefficient (Wildman–Crippen LogP) is 2.84. The number of rotatable bonds is 2. The summed E-state index contributed by atoms with van der Waals surface area (Å²) in [6.45, 7) is 1.35. The van der Waals surface area contributed by atoms with Crippen molar-refractivity contribution in [2.75, 3.05) is 0 Å². The lowest BCUT2D eigenvalue weighted by Gasteiger charge is -1.97. The lowest BCUT2D eigenvalue weighted by molar-refractivity contribution is -0.113. The average Bonchev–Trinajstić information content (AvgIpc) is 2.16. The van der Waals surface area contributed by atoms with Gasteiger partial charge in [-0.15, -0.1) is 0 Å². The van der Waals surface area contributed by atoms with Crippen LogP contribution in [0.15, 0.2) is 29.8 Å². The summed E-state index contributed by atoms with van der Waals surface area (Å²) in [6.07, 6.45) is 1.49. The summed E-state index contributed by atoms with van der Waals surface area (Å²) in [5.74, 6) is -0.257. The molecular weight excluding hydrogens is 198 g/mol.